The number of carbonyl (C=O) groups excluding carboxylic acids is 1. The lowest BCUT2D eigenvalue weighted by Gasteiger charge is -2.33. The van der Waals surface area contributed by atoms with Crippen LogP contribution < -0.4 is 10.1 Å². The highest BCUT2D eigenvalue weighted by Gasteiger charge is 2.45. The second kappa shape index (κ2) is 7.00. The zero-order valence-corrected chi connectivity index (χ0v) is 17.0. The number of hydrogen-bond donors (Lipinski definition) is 1. The third-order valence-electron chi connectivity index (χ3n) is 6.54. The van der Waals surface area contributed by atoms with E-state index in [4.69, 9.17) is 9.15 Å². The average Bonchev–Trinajstić information content (AvgIpc) is 3.68. The number of rotatable bonds is 6. The van der Waals surface area contributed by atoms with Crippen LogP contribution in [0, 0.1) is 5.41 Å². The van der Waals surface area contributed by atoms with Crippen molar-refractivity contribution < 1.29 is 13.9 Å². The molecule has 0 bridgehead atoms. The Labute approximate surface area is 170 Å². The summed E-state index contributed by atoms with van der Waals surface area (Å²) in [6.07, 6.45) is 8.96. The Balaban J connectivity index is 1.23. The van der Waals surface area contributed by atoms with Crippen molar-refractivity contribution in [3.63, 3.8) is 0 Å². The molecule has 2 aromatic heterocycles. The largest absolute Gasteiger partial charge is 0.495 e. The summed E-state index contributed by atoms with van der Waals surface area (Å²) in [5, 5.41) is 11.2. The van der Waals surface area contributed by atoms with Crippen molar-refractivity contribution in [2.75, 3.05) is 25.5 Å². The minimum Gasteiger partial charge on any atom is -0.495 e. The third kappa shape index (κ3) is 3.68. The fourth-order valence-electron chi connectivity index (χ4n) is 4.20. The van der Waals surface area contributed by atoms with Gasteiger partial charge in [-0.05, 0) is 56.9 Å². The van der Waals surface area contributed by atoms with Crippen LogP contribution in [0.5, 0.6) is 5.75 Å². The molecule has 1 atom stereocenters. The molecule has 1 aliphatic heterocycles. The maximum Gasteiger partial charge on any atom is 0.316 e. The van der Waals surface area contributed by atoms with Gasteiger partial charge >= 0.3 is 6.01 Å². The van der Waals surface area contributed by atoms with E-state index >= 15 is 0 Å². The standard InChI is InChI=1S/C21H27N5O3/c1-13(19(27)26-9-7-21(5-6-21)8-10-26)23-20-25-24-18(29-20)15-11-16(28-2)17(22-12-15)14-3-4-14/h11-14H,3-10H2,1-2H3,(H,23,25)/t13-/m0/s1. The topological polar surface area (TPSA) is 93.4 Å². The van der Waals surface area contributed by atoms with Crippen LogP contribution in [0.15, 0.2) is 16.7 Å². The van der Waals surface area contributed by atoms with Crippen molar-refractivity contribution in [1.29, 1.82) is 0 Å². The summed E-state index contributed by atoms with van der Waals surface area (Å²) in [4.78, 5) is 19.2. The Hall–Kier alpha value is -2.64. The van der Waals surface area contributed by atoms with Crippen LogP contribution >= 0.6 is 0 Å². The monoisotopic (exact) mass is 397 g/mol. The normalized spacial score (nSPS) is 21.1. The molecular weight excluding hydrogens is 370 g/mol. The zero-order valence-electron chi connectivity index (χ0n) is 17.0. The molecule has 2 aliphatic carbocycles. The molecule has 2 aromatic rings. The third-order valence-corrected chi connectivity index (χ3v) is 6.54. The van der Waals surface area contributed by atoms with E-state index in [1.807, 2.05) is 17.9 Å². The summed E-state index contributed by atoms with van der Waals surface area (Å²) in [7, 11) is 1.65. The molecule has 8 heteroatoms. The molecule has 8 nitrogen and oxygen atoms in total. The summed E-state index contributed by atoms with van der Waals surface area (Å²) in [5.41, 5.74) is 2.25. The second-order valence-electron chi connectivity index (χ2n) is 8.69. The number of aromatic nitrogens is 3. The highest BCUT2D eigenvalue weighted by molar-refractivity contribution is 5.83. The maximum absolute atomic E-state index is 12.7. The summed E-state index contributed by atoms with van der Waals surface area (Å²) < 4.78 is 11.2. The molecule has 0 unspecified atom stereocenters. The van der Waals surface area contributed by atoms with Crippen molar-refractivity contribution in [3.8, 4) is 17.2 Å². The van der Waals surface area contributed by atoms with E-state index in [2.05, 4.69) is 20.5 Å². The lowest BCUT2D eigenvalue weighted by Crippen LogP contribution is -2.45. The molecule has 3 aliphatic rings. The van der Waals surface area contributed by atoms with E-state index in [9.17, 15) is 4.79 Å². The minimum atomic E-state index is -0.415. The number of amides is 1. The molecule has 5 rings (SSSR count). The van der Waals surface area contributed by atoms with Crippen LogP contribution in [0.2, 0.25) is 0 Å². The van der Waals surface area contributed by atoms with Gasteiger partial charge in [-0.15, -0.1) is 5.10 Å². The number of nitrogens with zero attached hydrogens (tertiary/aromatic N) is 4. The van der Waals surface area contributed by atoms with E-state index in [0.29, 0.717) is 22.8 Å². The van der Waals surface area contributed by atoms with E-state index in [1.165, 1.54) is 12.8 Å². The Morgan fingerprint density at radius 3 is 2.69 bits per heavy atom. The van der Waals surface area contributed by atoms with Gasteiger partial charge in [-0.25, -0.2) is 0 Å². The number of pyridine rings is 1. The first-order valence-electron chi connectivity index (χ1n) is 10.5. The Bertz CT molecular complexity index is 909. The highest BCUT2D eigenvalue weighted by atomic mass is 16.5. The average molecular weight is 397 g/mol. The van der Waals surface area contributed by atoms with Gasteiger partial charge in [0.1, 0.15) is 11.8 Å². The van der Waals surface area contributed by atoms with Crippen LogP contribution in [0.3, 0.4) is 0 Å². The van der Waals surface area contributed by atoms with Gasteiger partial charge in [0.05, 0.1) is 18.4 Å². The lowest BCUT2D eigenvalue weighted by molar-refractivity contribution is -0.133. The zero-order chi connectivity index (χ0) is 20.0. The van der Waals surface area contributed by atoms with Gasteiger partial charge in [0, 0.05) is 25.2 Å². The van der Waals surface area contributed by atoms with Gasteiger partial charge in [0.25, 0.3) is 5.89 Å². The van der Waals surface area contributed by atoms with Crippen molar-refractivity contribution >= 4 is 11.9 Å². The molecule has 1 amide bonds. The predicted octanol–water partition coefficient (Wildman–Crippen LogP) is 3.22. The summed E-state index contributed by atoms with van der Waals surface area (Å²) in [6.45, 7) is 3.53. The van der Waals surface area contributed by atoms with Crippen molar-refractivity contribution in [3.05, 3.63) is 18.0 Å². The first-order valence-corrected chi connectivity index (χ1v) is 10.5. The van der Waals surface area contributed by atoms with E-state index < -0.39 is 6.04 Å². The number of anilines is 1. The quantitative estimate of drug-likeness (QED) is 0.800. The summed E-state index contributed by atoms with van der Waals surface area (Å²) in [5.74, 6) is 1.68. The number of ether oxygens (including phenoxy) is 1. The van der Waals surface area contributed by atoms with Gasteiger partial charge in [-0.2, -0.15) is 0 Å². The molecule has 2 saturated carbocycles. The molecule has 29 heavy (non-hydrogen) atoms. The van der Waals surface area contributed by atoms with Crippen LogP contribution in [0.1, 0.15) is 57.1 Å². The van der Waals surface area contributed by atoms with Crippen molar-refractivity contribution in [2.24, 2.45) is 5.41 Å². The maximum atomic E-state index is 12.7. The number of carbonyl (C=O) groups is 1. The molecule has 0 aromatic carbocycles. The van der Waals surface area contributed by atoms with E-state index in [-0.39, 0.29) is 11.9 Å². The first kappa shape index (κ1) is 18.4. The van der Waals surface area contributed by atoms with Crippen LogP contribution in [0.4, 0.5) is 6.01 Å². The number of nitrogens with one attached hydrogen (secondary N) is 1. The SMILES string of the molecule is COc1cc(-c2nnc(N[C@@H](C)C(=O)N3CCC4(CC3)CC4)o2)cnc1C1CC1. The van der Waals surface area contributed by atoms with Gasteiger partial charge in [-0.3, -0.25) is 9.78 Å². The summed E-state index contributed by atoms with van der Waals surface area (Å²) in [6, 6.07) is 1.71. The fraction of sp³-hybridized carbons (Fsp3) is 0.619. The molecule has 154 valence electrons. The van der Waals surface area contributed by atoms with Crippen LogP contribution in [-0.2, 0) is 4.79 Å². The number of hydrogen-bond acceptors (Lipinski definition) is 7. The fourth-order valence-corrected chi connectivity index (χ4v) is 4.20. The number of methoxy groups -OCH3 is 1. The van der Waals surface area contributed by atoms with Gasteiger partial charge < -0.3 is 19.4 Å². The lowest BCUT2D eigenvalue weighted by atomic mass is 9.93. The van der Waals surface area contributed by atoms with Gasteiger partial charge in [-0.1, -0.05) is 5.10 Å². The van der Waals surface area contributed by atoms with Gasteiger partial charge in [0.2, 0.25) is 5.91 Å². The molecule has 3 fully saturated rings. The molecule has 0 radical (unpaired) electrons. The van der Waals surface area contributed by atoms with Crippen molar-refractivity contribution in [1.82, 2.24) is 20.1 Å². The molecule has 3 heterocycles. The van der Waals surface area contributed by atoms with Crippen LogP contribution in [-0.4, -0.2) is 52.2 Å². The number of likely N-dealkylation sites (tertiary alicyclic amines) is 1. The van der Waals surface area contributed by atoms with E-state index in [0.717, 1.165) is 50.2 Å². The molecule has 1 spiro atoms. The van der Waals surface area contributed by atoms with E-state index in [1.54, 1.807) is 13.3 Å². The molecular formula is C21H27N5O3. The molecule has 1 N–H and O–H groups in total. The second-order valence-corrected chi connectivity index (χ2v) is 8.69. The van der Waals surface area contributed by atoms with Crippen LogP contribution in [0.25, 0.3) is 11.5 Å². The number of piperidine rings is 1. The first-order chi connectivity index (χ1) is 14.1. The smallest absolute Gasteiger partial charge is 0.316 e. The minimum absolute atomic E-state index is 0.0809. The predicted molar refractivity (Wildman–Crippen MR) is 107 cm³/mol. The summed E-state index contributed by atoms with van der Waals surface area (Å²) >= 11 is 0. The Kier molecular flexibility index (Phi) is 4.44. The Morgan fingerprint density at radius 2 is 2.03 bits per heavy atom. The van der Waals surface area contributed by atoms with Gasteiger partial charge in [0.15, 0.2) is 0 Å². The van der Waals surface area contributed by atoms with Crippen molar-refractivity contribution in [2.45, 2.75) is 57.4 Å². The highest BCUT2D eigenvalue weighted by Crippen LogP contribution is 2.53. The molecule has 1 saturated heterocycles. The Morgan fingerprint density at radius 1 is 1.28 bits per heavy atom.